The van der Waals surface area contributed by atoms with Gasteiger partial charge < -0.3 is 4.90 Å². The average molecular weight is 240 g/mol. The molecule has 1 atom stereocenters. The Morgan fingerprint density at radius 3 is 2.23 bits per heavy atom. The Bertz CT molecular complexity index is 223. The molecule has 0 amide bonds. The molecule has 0 aliphatic carbocycles. The van der Waals surface area contributed by atoms with E-state index in [4.69, 9.17) is 0 Å². The van der Waals surface area contributed by atoms with Crippen molar-refractivity contribution in [1.82, 2.24) is 4.90 Å². The highest BCUT2D eigenvalue weighted by molar-refractivity contribution is 8.57. The number of nitrogens with zero attached hydrogens (tertiary/aromatic N) is 2. The quantitative estimate of drug-likeness (QED) is 0.431. The first kappa shape index (κ1) is 13.4. The third-order valence-corrected chi connectivity index (χ3v) is 7.04. The second-order valence-corrected chi connectivity index (χ2v) is 8.67. The van der Waals surface area contributed by atoms with E-state index < -0.39 is 6.49 Å². The van der Waals surface area contributed by atoms with Crippen LogP contribution in [0.25, 0.3) is 0 Å². The molecule has 0 fully saturated rings. The van der Waals surface area contributed by atoms with Crippen molar-refractivity contribution in [2.45, 2.75) is 6.92 Å². The first-order valence-corrected chi connectivity index (χ1v) is 8.85. The lowest BCUT2D eigenvalue weighted by Gasteiger charge is -2.16. The third kappa shape index (κ3) is 4.43. The first-order valence-electron chi connectivity index (χ1n) is 3.95. The first-order chi connectivity index (χ1) is 5.99. The molecular weight excluding hydrogens is 223 g/mol. The largest absolute Gasteiger partial charge is 0.357 e. The van der Waals surface area contributed by atoms with Crippen LogP contribution in [0.4, 0.5) is 0 Å². The van der Waals surface area contributed by atoms with Gasteiger partial charge in [-0.05, 0) is 12.5 Å². The van der Waals surface area contributed by atoms with Gasteiger partial charge in [-0.2, -0.15) is 4.76 Å². The summed E-state index contributed by atoms with van der Waals surface area (Å²) in [7, 11) is 3.82. The summed E-state index contributed by atoms with van der Waals surface area (Å²) in [5.41, 5.74) is 0. The second-order valence-electron chi connectivity index (χ2n) is 2.62. The van der Waals surface area contributed by atoms with E-state index in [0.717, 1.165) is 5.17 Å². The maximum absolute atomic E-state index is 12.0. The summed E-state index contributed by atoms with van der Waals surface area (Å²) in [5.74, 6) is 0. The van der Waals surface area contributed by atoms with Crippen LogP contribution >= 0.6 is 29.6 Å². The fourth-order valence-electron chi connectivity index (χ4n) is 0.684. The molecule has 0 bridgehead atoms. The summed E-state index contributed by atoms with van der Waals surface area (Å²) in [6.07, 6.45) is 4.41. The Kier molecular flexibility index (Phi) is 6.18. The minimum Gasteiger partial charge on any atom is -0.357 e. The fourth-order valence-corrected chi connectivity index (χ4v) is 4.10. The molecule has 0 saturated carbocycles. The van der Waals surface area contributed by atoms with E-state index in [-0.39, 0.29) is 0 Å². The number of hydrogen-bond donors (Lipinski definition) is 0. The highest BCUT2D eigenvalue weighted by Crippen LogP contribution is 2.58. The predicted molar refractivity (Wildman–Crippen MR) is 66.3 cm³/mol. The van der Waals surface area contributed by atoms with Gasteiger partial charge in [0, 0.05) is 20.3 Å². The number of hydrogen-bond acceptors (Lipinski definition) is 3. The highest BCUT2D eigenvalue weighted by atomic mass is 32.7. The Morgan fingerprint density at radius 2 is 2.00 bits per heavy atom. The molecule has 0 aromatic rings. The van der Waals surface area contributed by atoms with Crippen LogP contribution in [0.1, 0.15) is 6.92 Å². The van der Waals surface area contributed by atoms with Crippen LogP contribution in [0.15, 0.2) is 4.76 Å². The van der Waals surface area contributed by atoms with Crippen molar-refractivity contribution in [2.24, 2.45) is 4.76 Å². The van der Waals surface area contributed by atoms with Crippen LogP contribution in [0.3, 0.4) is 0 Å². The van der Waals surface area contributed by atoms with Gasteiger partial charge in [-0.1, -0.05) is 30.1 Å². The molecule has 0 rings (SSSR count). The van der Waals surface area contributed by atoms with E-state index in [2.05, 4.69) is 4.76 Å². The summed E-state index contributed by atoms with van der Waals surface area (Å²) in [4.78, 5) is 1.89. The van der Waals surface area contributed by atoms with Crippen LogP contribution in [-0.4, -0.2) is 42.8 Å². The van der Waals surface area contributed by atoms with Gasteiger partial charge in [0.2, 0.25) is 6.49 Å². The summed E-state index contributed by atoms with van der Waals surface area (Å²) in [6.45, 7) is -0.454. The monoisotopic (exact) mass is 240 g/mol. The SMILES string of the molecule is CCP(=O)(N=C(SC)N(C)C)SC. The molecule has 0 aromatic heterocycles. The third-order valence-electron chi connectivity index (χ3n) is 1.49. The molecule has 0 aliphatic rings. The second kappa shape index (κ2) is 5.99. The lowest BCUT2D eigenvalue weighted by molar-refractivity contribution is 0.584. The Hall–Kier alpha value is 0.400. The lowest BCUT2D eigenvalue weighted by atomic mass is 10.9. The molecule has 0 aromatic carbocycles. The summed E-state index contributed by atoms with van der Waals surface area (Å²) in [6, 6.07) is 0. The van der Waals surface area contributed by atoms with E-state index in [1.54, 1.807) is 0 Å². The Labute approximate surface area is 88.9 Å². The van der Waals surface area contributed by atoms with Crippen LogP contribution < -0.4 is 0 Å². The van der Waals surface area contributed by atoms with E-state index in [9.17, 15) is 4.57 Å². The van der Waals surface area contributed by atoms with E-state index in [0.29, 0.717) is 6.16 Å². The van der Waals surface area contributed by atoms with Gasteiger partial charge >= 0.3 is 0 Å². The van der Waals surface area contributed by atoms with Crippen molar-refractivity contribution in [3.05, 3.63) is 0 Å². The Balaban J connectivity index is 4.75. The molecule has 0 heterocycles. The standard InChI is InChI=1S/C7H17N2OPS2/c1-6-11(10,13-5)8-7(12-4)9(2)3/h6H2,1-5H3. The van der Waals surface area contributed by atoms with Crippen LogP contribution in [0.5, 0.6) is 0 Å². The van der Waals surface area contributed by atoms with Crippen LogP contribution in [0, 0.1) is 0 Å². The summed E-state index contributed by atoms with van der Waals surface area (Å²) < 4.78 is 16.2. The van der Waals surface area contributed by atoms with Gasteiger partial charge in [-0.25, -0.2) is 0 Å². The van der Waals surface area contributed by atoms with Gasteiger partial charge in [-0.15, -0.1) is 0 Å². The topological polar surface area (TPSA) is 32.7 Å². The van der Waals surface area contributed by atoms with Gasteiger partial charge in [0.05, 0.1) is 0 Å². The maximum Gasteiger partial charge on any atom is 0.245 e. The molecule has 0 aliphatic heterocycles. The van der Waals surface area contributed by atoms with Gasteiger partial charge in [0.15, 0.2) is 5.17 Å². The lowest BCUT2D eigenvalue weighted by Crippen LogP contribution is -2.18. The average Bonchev–Trinajstić information content (AvgIpc) is 2.13. The number of amidine groups is 1. The molecule has 3 nitrogen and oxygen atoms in total. The van der Waals surface area contributed by atoms with Gasteiger partial charge in [0.25, 0.3) is 0 Å². The molecule has 78 valence electrons. The molecule has 1 unspecified atom stereocenters. The highest BCUT2D eigenvalue weighted by Gasteiger charge is 2.18. The van der Waals surface area contributed by atoms with Crippen molar-refractivity contribution < 1.29 is 4.57 Å². The molecule has 0 radical (unpaired) electrons. The minimum absolute atomic E-state index is 0.617. The van der Waals surface area contributed by atoms with Crippen molar-refractivity contribution in [1.29, 1.82) is 0 Å². The number of rotatable bonds is 3. The Morgan fingerprint density at radius 1 is 1.46 bits per heavy atom. The zero-order chi connectivity index (χ0) is 10.5. The van der Waals surface area contributed by atoms with Crippen LogP contribution in [0.2, 0.25) is 0 Å². The maximum atomic E-state index is 12.0. The molecule has 0 spiro atoms. The van der Waals surface area contributed by atoms with Gasteiger partial charge in [0.1, 0.15) is 0 Å². The summed E-state index contributed by atoms with van der Waals surface area (Å²) in [5, 5.41) is 0.833. The van der Waals surface area contributed by atoms with Crippen molar-refractivity contribution in [2.75, 3.05) is 32.8 Å². The molecule has 0 saturated heterocycles. The molecule has 13 heavy (non-hydrogen) atoms. The van der Waals surface area contributed by atoms with Crippen molar-refractivity contribution in [3.8, 4) is 0 Å². The van der Waals surface area contributed by atoms with Crippen LogP contribution in [-0.2, 0) is 4.57 Å². The smallest absolute Gasteiger partial charge is 0.245 e. The van der Waals surface area contributed by atoms with E-state index >= 15 is 0 Å². The molecule has 0 N–H and O–H groups in total. The van der Waals surface area contributed by atoms with Gasteiger partial charge in [-0.3, -0.25) is 4.57 Å². The van der Waals surface area contributed by atoms with E-state index in [1.807, 2.05) is 38.4 Å². The number of thioether (sulfide) groups is 1. The zero-order valence-corrected chi connectivity index (χ0v) is 11.3. The summed E-state index contributed by atoms with van der Waals surface area (Å²) >= 11 is 2.89. The molecular formula is C7H17N2OPS2. The normalized spacial score (nSPS) is 16.8. The molecule has 6 heteroatoms. The van der Waals surface area contributed by atoms with Crippen molar-refractivity contribution in [3.63, 3.8) is 0 Å². The predicted octanol–water partition coefficient (Wildman–Crippen LogP) is 2.84. The minimum atomic E-state index is -2.37. The van der Waals surface area contributed by atoms with E-state index in [1.165, 1.54) is 23.1 Å². The van der Waals surface area contributed by atoms with Crippen molar-refractivity contribution >= 4 is 34.8 Å². The fraction of sp³-hybridized carbons (Fsp3) is 0.857. The zero-order valence-electron chi connectivity index (χ0n) is 8.77.